The maximum atomic E-state index is 13.3. The first-order valence-corrected chi connectivity index (χ1v) is 9.05. The van der Waals surface area contributed by atoms with Crippen LogP contribution in [0.3, 0.4) is 0 Å². The zero-order chi connectivity index (χ0) is 17.4. The quantitative estimate of drug-likeness (QED) is 0.845. The van der Waals surface area contributed by atoms with Gasteiger partial charge in [0.05, 0.1) is 24.1 Å². The normalized spacial score (nSPS) is 21.7. The molecule has 3 N–H and O–H groups in total. The Kier molecular flexibility index (Phi) is 5.53. The minimum Gasteiger partial charge on any atom is -0.338 e. The lowest BCUT2D eigenvalue weighted by atomic mass is 9.81. The van der Waals surface area contributed by atoms with Crippen LogP contribution in [-0.4, -0.2) is 22.2 Å². The van der Waals surface area contributed by atoms with Gasteiger partial charge in [0.1, 0.15) is 5.82 Å². The minimum atomic E-state index is 0. The molecule has 0 bridgehead atoms. The number of nitrogens with one attached hydrogen (secondary N) is 1. The zero-order valence-corrected chi connectivity index (χ0v) is 15.8. The molecule has 140 valence electrons. The Morgan fingerprint density at radius 2 is 2.00 bits per heavy atom. The number of nitrogens with two attached hydrogens (primary N) is 1. The van der Waals surface area contributed by atoms with Crippen LogP contribution in [0.1, 0.15) is 31.2 Å². The molecule has 1 aliphatic carbocycles. The molecule has 1 aromatic heterocycles. The third-order valence-electron chi connectivity index (χ3n) is 5.59. The highest BCUT2D eigenvalue weighted by atomic mass is 35.5. The fraction of sp³-hybridized carbons (Fsp3) is 0.474. The summed E-state index contributed by atoms with van der Waals surface area (Å²) in [6.45, 7) is 1.29. The van der Waals surface area contributed by atoms with Gasteiger partial charge < -0.3 is 16.0 Å². The van der Waals surface area contributed by atoms with Crippen LogP contribution >= 0.6 is 12.4 Å². The number of aromatic nitrogens is 2. The molecule has 0 atom stereocenters. The number of para-hydroxylation sites is 2. The van der Waals surface area contributed by atoms with Crippen molar-refractivity contribution in [3.63, 3.8) is 0 Å². The number of rotatable bonds is 2. The highest BCUT2D eigenvalue weighted by molar-refractivity contribution is 5.99. The van der Waals surface area contributed by atoms with Crippen LogP contribution < -0.4 is 16.0 Å². The van der Waals surface area contributed by atoms with E-state index in [-0.39, 0.29) is 24.2 Å². The molecule has 0 unspecified atom stereocenters. The Bertz CT molecular complexity index is 782. The SMILES string of the molecule is Cl.Cn1ncc2c1Nc1ccccc1N(C(=O)C1CCC(CN)CC1)C2. The van der Waals surface area contributed by atoms with E-state index in [1.54, 1.807) is 0 Å². The summed E-state index contributed by atoms with van der Waals surface area (Å²) in [5.41, 5.74) is 8.74. The van der Waals surface area contributed by atoms with Crippen molar-refractivity contribution in [2.75, 3.05) is 16.8 Å². The van der Waals surface area contributed by atoms with Gasteiger partial charge in [0.2, 0.25) is 5.91 Å². The highest BCUT2D eigenvalue weighted by Crippen LogP contribution is 2.38. The molecule has 0 radical (unpaired) electrons. The minimum absolute atomic E-state index is 0. The average molecular weight is 376 g/mol. The van der Waals surface area contributed by atoms with Crippen LogP contribution in [0.4, 0.5) is 17.2 Å². The summed E-state index contributed by atoms with van der Waals surface area (Å²) >= 11 is 0. The lowest BCUT2D eigenvalue weighted by Gasteiger charge is -2.31. The number of carbonyl (C=O) groups is 1. The summed E-state index contributed by atoms with van der Waals surface area (Å²) in [6, 6.07) is 8.01. The van der Waals surface area contributed by atoms with Crippen molar-refractivity contribution in [2.45, 2.75) is 32.2 Å². The van der Waals surface area contributed by atoms with Crippen molar-refractivity contribution in [1.29, 1.82) is 0 Å². The lowest BCUT2D eigenvalue weighted by Crippen LogP contribution is -2.37. The van der Waals surface area contributed by atoms with Gasteiger partial charge in [-0.2, -0.15) is 5.10 Å². The smallest absolute Gasteiger partial charge is 0.230 e. The van der Waals surface area contributed by atoms with E-state index in [9.17, 15) is 4.79 Å². The number of aryl methyl sites for hydroxylation is 1. The van der Waals surface area contributed by atoms with Crippen molar-refractivity contribution in [1.82, 2.24) is 9.78 Å². The molecule has 4 rings (SSSR count). The molecule has 2 heterocycles. The Labute approximate surface area is 160 Å². The Hall–Kier alpha value is -2.05. The van der Waals surface area contributed by atoms with E-state index in [0.717, 1.165) is 55.0 Å². The van der Waals surface area contributed by atoms with E-state index in [2.05, 4.69) is 10.4 Å². The van der Waals surface area contributed by atoms with Gasteiger partial charge in [-0.25, -0.2) is 0 Å². The molecule has 7 heteroatoms. The molecular formula is C19H26ClN5O. The molecule has 1 fully saturated rings. The number of hydrogen-bond acceptors (Lipinski definition) is 4. The van der Waals surface area contributed by atoms with Crippen LogP contribution in [0.5, 0.6) is 0 Å². The van der Waals surface area contributed by atoms with Gasteiger partial charge in [-0.05, 0) is 50.3 Å². The molecule has 2 aliphatic rings. The van der Waals surface area contributed by atoms with Gasteiger partial charge in [-0.3, -0.25) is 9.48 Å². The van der Waals surface area contributed by atoms with Crippen molar-refractivity contribution in [2.24, 2.45) is 24.6 Å². The molecule has 1 aliphatic heterocycles. The first-order valence-electron chi connectivity index (χ1n) is 9.05. The topological polar surface area (TPSA) is 76.2 Å². The first kappa shape index (κ1) is 18.7. The molecule has 26 heavy (non-hydrogen) atoms. The molecule has 0 saturated heterocycles. The Morgan fingerprint density at radius 3 is 2.73 bits per heavy atom. The molecular weight excluding hydrogens is 350 g/mol. The summed E-state index contributed by atoms with van der Waals surface area (Å²) < 4.78 is 1.83. The van der Waals surface area contributed by atoms with Crippen LogP contribution in [0.25, 0.3) is 0 Å². The van der Waals surface area contributed by atoms with Gasteiger partial charge in [0, 0.05) is 18.5 Å². The zero-order valence-electron chi connectivity index (χ0n) is 15.0. The average Bonchev–Trinajstić information content (AvgIpc) is 2.90. The third-order valence-corrected chi connectivity index (χ3v) is 5.59. The fourth-order valence-corrected chi connectivity index (χ4v) is 4.02. The van der Waals surface area contributed by atoms with E-state index < -0.39 is 0 Å². The highest BCUT2D eigenvalue weighted by Gasteiger charge is 2.32. The van der Waals surface area contributed by atoms with Crippen molar-refractivity contribution < 1.29 is 4.79 Å². The van der Waals surface area contributed by atoms with E-state index >= 15 is 0 Å². The van der Waals surface area contributed by atoms with Crippen molar-refractivity contribution in [3.8, 4) is 0 Å². The number of fused-ring (bicyclic) bond motifs is 2. The van der Waals surface area contributed by atoms with Gasteiger partial charge in [0.25, 0.3) is 0 Å². The van der Waals surface area contributed by atoms with Gasteiger partial charge in [-0.15, -0.1) is 12.4 Å². The van der Waals surface area contributed by atoms with Crippen LogP contribution in [0.2, 0.25) is 0 Å². The maximum Gasteiger partial charge on any atom is 0.230 e. The van der Waals surface area contributed by atoms with Gasteiger partial charge >= 0.3 is 0 Å². The van der Waals surface area contributed by atoms with Gasteiger partial charge in [-0.1, -0.05) is 12.1 Å². The summed E-state index contributed by atoms with van der Waals surface area (Å²) in [7, 11) is 1.92. The fourth-order valence-electron chi connectivity index (χ4n) is 4.02. The second-order valence-corrected chi connectivity index (χ2v) is 7.16. The maximum absolute atomic E-state index is 13.3. The largest absolute Gasteiger partial charge is 0.338 e. The molecule has 1 amide bonds. The Balaban J connectivity index is 0.00000196. The van der Waals surface area contributed by atoms with Crippen molar-refractivity contribution >= 4 is 35.5 Å². The van der Waals surface area contributed by atoms with Crippen LogP contribution in [-0.2, 0) is 18.4 Å². The second kappa shape index (κ2) is 7.68. The number of amides is 1. The second-order valence-electron chi connectivity index (χ2n) is 7.16. The summed E-state index contributed by atoms with van der Waals surface area (Å²) in [5.74, 6) is 1.84. The number of anilines is 3. The standard InChI is InChI=1S/C19H25N5O.ClH/c1-23-18-15(11-21-23)12-24(17-5-3-2-4-16(17)22-18)19(25)14-8-6-13(10-20)7-9-14;/h2-5,11,13-14,22H,6-10,12,20H2,1H3;1H. The monoisotopic (exact) mass is 375 g/mol. The van der Waals surface area contributed by atoms with E-state index in [1.165, 1.54) is 0 Å². The van der Waals surface area contributed by atoms with Gasteiger partial charge in [0.15, 0.2) is 0 Å². The first-order chi connectivity index (χ1) is 12.2. The van der Waals surface area contributed by atoms with E-state index in [0.29, 0.717) is 12.5 Å². The predicted octanol–water partition coefficient (Wildman–Crippen LogP) is 3.20. The molecule has 2 aromatic rings. The predicted molar refractivity (Wildman–Crippen MR) is 106 cm³/mol. The van der Waals surface area contributed by atoms with E-state index in [4.69, 9.17) is 5.73 Å². The molecule has 0 spiro atoms. The summed E-state index contributed by atoms with van der Waals surface area (Å²) in [4.78, 5) is 15.3. The Morgan fingerprint density at radius 1 is 1.27 bits per heavy atom. The summed E-state index contributed by atoms with van der Waals surface area (Å²) in [6.07, 6.45) is 5.83. The molecule has 1 aromatic carbocycles. The number of carbonyl (C=O) groups excluding carboxylic acids is 1. The summed E-state index contributed by atoms with van der Waals surface area (Å²) in [5, 5.41) is 7.79. The number of nitrogens with zero attached hydrogens (tertiary/aromatic N) is 3. The van der Waals surface area contributed by atoms with E-state index in [1.807, 2.05) is 47.1 Å². The number of benzene rings is 1. The lowest BCUT2D eigenvalue weighted by molar-refractivity contribution is -0.123. The molecule has 1 saturated carbocycles. The van der Waals surface area contributed by atoms with Crippen LogP contribution in [0, 0.1) is 11.8 Å². The van der Waals surface area contributed by atoms with Crippen LogP contribution in [0.15, 0.2) is 30.5 Å². The molecule has 6 nitrogen and oxygen atoms in total. The third kappa shape index (κ3) is 3.31. The van der Waals surface area contributed by atoms with Crippen molar-refractivity contribution in [3.05, 3.63) is 36.0 Å². The number of hydrogen-bond donors (Lipinski definition) is 2. The number of halogens is 1.